The van der Waals surface area contributed by atoms with Gasteiger partial charge in [0.1, 0.15) is 16.9 Å². The van der Waals surface area contributed by atoms with E-state index >= 15 is 0 Å². The highest BCUT2D eigenvalue weighted by atomic mass is 32.1. The molecule has 1 aliphatic rings. The molecule has 4 aromatic heterocycles. The molecule has 5 rings (SSSR count). The number of aryl methyl sites for hydroxylation is 1. The molecule has 0 aliphatic carbocycles. The van der Waals surface area contributed by atoms with Crippen molar-refractivity contribution < 1.29 is 0 Å². The van der Waals surface area contributed by atoms with Crippen LogP contribution in [0.2, 0.25) is 0 Å². The van der Waals surface area contributed by atoms with E-state index in [4.69, 9.17) is 10.2 Å². The number of hydrogen-bond acceptors (Lipinski definition) is 7. The van der Waals surface area contributed by atoms with E-state index in [9.17, 15) is 4.79 Å². The van der Waals surface area contributed by atoms with Gasteiger partial charge >= 0.3 is 0 Å². The largest absolute Gasteiger partial charge is 0.364 e. The monoisotopic (exact) mass is 475 g/mol. The normalized spacial score (nSPS) is 20.1. The Balaban J connectivity index is 1.48. The number of thiophene rings is 1. The van der Waals surface area contributed by atoms with Gasteiger partial charge in [-0.1, -0.05) is 13.0 Å². The minimum Gasteiger partial charge on any atom is -0.364 e. The topological polar surface area (TPSA) is 83.0 Å². The Kier molecular flexibility index (Phi) is 5.88. The number of nitriles is 1. The van der Waals surface area contributed by atoms with E-state index in [2.05, 4.69) is 65.3 Å². The van der Waals surface area contributed by atoms with Crippen LogP contribution in [0.4, 0.5) is 5.69 Å². The summed E-state index contributed by atoms with van der Waals surface area (Å²) >= 11 is 1.68. The molecule has 3 atom stereocenters. The van der Waals surface area contributed by atoms with Crippen molar-refractivity contribution in [2.75, 3.05) is 18.0 Å². The van der Waals surface area contributed by atoms with Crippen molar-refractivity contribution in [2.24, 2.45) is 7.05 Å². The molecular formula is C25H29N7OS. The second-order valence-electron chi connectivity index (χ2n) is 9.13. The number of pyridine rings is 2. The molecule has 8 nitrogen and oxygen atoms in total. The summed E-state index contributed by atoms with van der Waals surface area (Å²) in [5.74, 6) is 0. The van der Waals surface area contributed by atoms with Crippen molar-refractivity contribution >= 4 is 38.3 Å². The first-order valence-corrected chi connectivity index (χ1v) is 12.6. The van der Waals surface area contributed by atoms with Crippen LogP contribution in [-0.4, -0.2) is 49.4 Å². The van der Waals surface area contributed by atoms with Crippen molar-refractivity contribution in [3.63, 3.8) is 0 Å². The molecule has 9 heteroatoms. The zero-order valence-corrected chi connectivity index (χ0v) is 20.8. The Labute approximate surface area is 202 Å². The Bertz CT molecular complexity index is 1450. The van der Waals surface area contributed by atoms with Crippen molar-refractivity contribution in [3.8, 4) is 6.07 Å². The van der Waals surface area contributed by atoms with Gasteiger partial charge in [0.25, 0.3) is 5.56 Å². The summed E-state index contributed by atoms with van der Waals surface area (Å²) in [6, 6.07) is 10.9. The Morgan fingerprint density at radius 3 is 2.88 bits per heavy atom. The molecule has 0 N–H and O–H groups in total. The first-order valence-electron chi connectivity index (χ1n) is 11.7. The van der Waals surface area contributed by atoms with Crippen LogP contribution in [0.25, 0.3) is 21.3 Å². The van der Waals surface area contributed by atoms with E-state index in [0.29, 0.717) is 6.04 Å². The van der Waals surface area contributed by atoms with Gasteiger partial charge in [0.05, 0.1) is 29.2 Å². The van der Waals surface area contributed by atoms with Gasteiger partial charge in [0.15, 0.2) is 0 Å². The van der Waals surface area contributed by atoms with Gasteiger partial charge < -0.3 is 9.47 Å². The molecule has 0 bridgehead atoms. The maximum Gasteiger partial charge on any atom is 0.252 e. The number of nitrogens with zero attached hydrogens (tertiary/aromatic N) is 7. The Hall–Kier alpha value is -3.22. The van der Waals surface area contributed by atoms with Crippen molar-refractivity contribution in [1.82, 2.24) is 24.2 Å². The quantitative estimate of drug-likeness (QED) is 0.435. The highest BCUT2D eigenvalue weighted by molar-refractivity contribution is 7.16. The van der Waals surface area contributed by atoms with E-state index < -0.39 is 0 Å². The van der Waals surface area contributed by atoms with Gasteiger partial charge in [-0.25, -0.2) is 4.98 Å². The zero-order valence-electron chi connectivity index (χ0n) is 20.0. The molecule has 1 saturated heterocycles. The van der Waals surface area contributed by atoms with Gasteiger partial charge in [-0.2, -0.15) is 10.4 Å². The second kappa shape index (κ2) is 8.85. The lowest BCUT2D eigenvalue weighted by atomic mass is 10.00. The molecular weight excluding hydrogens is 446 g/mol. The summed E-state index contributed by atoms with van der Waals surface area (Å²) in [5.41, 5.74) is 3.41. The van der Waals surface area contributed by atoms with Crippen LogP contribution in [0.1, 0.15) is 38.9 Å². The van der Waals surface area contributed by atoms with E-state index in [-0.39, 0.29) is 24.2 Å². The number of hydrogen-bond donors (Lipinski definition) is 0. The van der Waals surface area contributed by atoms with Crippen LogP contribution >= 0.6 is 11.3 Å². The number of fused-ring (bicyclic) bond motifs is 2. The fourth-order valence-corrected chi connectivity index (χ4v) is 5.89. The molecule has 4 aromatic rings. The van der Waals surface area contributed by atoms with Crippen LogP contribution in [-0.2, 0) is 13.6 Å². The van der Waals surface area contributed by atoms with E-state index in [0.717, 1.165) is 46.8 Å². The molecule has 0 amide bonds. The SMILES string of the molecule is CC[C@@H]1CN(c2cc(=O)n(C)c3cn(CC#N)nc23)[C@@H](C)CN1C(C)c1ccc2ccsc2n1. The Morgan fingerprint density at radius 1 is 1.29 bits per heavy atom. The highest BCUT2D eigenvalue weighted by Crippen LogP contribution is 2.33. The average molecular weight is 476 g/mol. The summed E-state index contributed by atoms with van der Waals surface area (Å²) < 4.78 is 3.21. The maximum atomic E-state index is 12.8. The minimum atomic E-state index is -0.0662. The summed E-state index contributed by atoms with van der Waals surface area (Å²) in [4.78, 5) is 23.7. The second-order valence-corrected chi connectivity index (χ2v) is 10.0. The molecule has 1 fully saturated rings. The molecule has 5 heterocycles. The Morgan fingerprint density at radius 2 is 2.12 bits per heavy atom. The molecule has 1 unspecified atom stereocenters. The summed E-state index contributed by atoms with van der Waals surface area (Å²) in [6.07, 6.45) is 2.78. The first kappa shape index (κ1) is 22.6. The zero-order chi connectivity index (χ0) is 24.0. The third kappa shape index (κ3) is 3.77. The molecule has 34 heavy (non-hydrogen) atoms. The van der Waals surface area contributed by atoms with Crippen molar-refractivity contribution in [3.05, 3.63) is 51.9 Å². The molecule has 0 aromatic carbocycles. The minimum absolute atomic E-state index is 0.0662. The summed E-state index contributed by atoms with van der Waals surface area (Å²) in [5, 5.41) is 17.1. The van der Waals surface area contributed by atoms with Crippen LogP contribution in [0.15, 0.2) is 40.6 Å². The number of rotatable bonds is 5. The highest BCUT2D eigenvalue weighted by Gasteiger charge is 2.35. The predicted octanol–water partition coefficient (Wildman–Crippen LogP) is 3.92. The number of aromatic nitrogens is 4. The third-order valence-corrected chi connectivity index (χ3v) is 7.92. The van der Waals surface area contributed by atoms with Crippen LogP contribution < -0.4 is 10.5 Å². The molecule has 0 saturated carbocycles. The first-order chi connectivity index (χ1) is 16.4. The summed E-state index contributed by atoms with van der Waals surface area (Å²) in [7, 11) is 1.75. The van der Waals surface area contributed by atoms with E-state index in [1.165, 1.54) is 5.39 Å². The summed E-state index contributed by atoms with van der Waals surface area (Å²) in [6.45, 7) is 8.48. The van der Waals surface area contributed by atoms with Gasteiger partial charge in [-0.3, -0.25) is 14.4 Å². The van der Waals surface area contributed by atoms with E-state index in [1.807, 2.05) is 0 Å². The van der Waals surface area contributed by atoms with Gasteiger partial charge in [0, 0.05) is 49.7 Å². The molecule has 176 valence electrons. The van der Waals surface area contributed by atoms with Crippen LogP contribution in [0.3, 0.4) is 0 Å². The fourth-order valence-electron chi connectivity index (χ4n) is 5.11. The fraction of sp³-hybridized carbons (Fsp3) is 0.440. The smallest absolute Gasteiger partial charge is 0.252 e. The molecule has 0 radical (unpaired) electrons. The average Bonchev–Trinajstić information content (AvgIpc) is 3.48. The molecule has 1 aliphatic heterocycles. The predicted molar refractivity (Wildman–Crippen MR) is 136 cm³/mol. The van der Waals surface area contributed by atoms with E-state index in [1.54, 1.807) is 39.9 Å². The third-order valence-electron chi connectivity index (χ3n) is 7.10. The standard InChI is InChI=1S/C25H29N7OS/c1-5-19-14-31(21-12-23(33)29(4)22-15-30(10-9-26)28-24(21)22)16(2)13-32(19)17(3)20-7-6-18-8-11-34-25(18)27-20/h6-8,11-12,15-17,19H,5,10,13-14H2,1-4H3/t16-,17?,19+/m0/s1. The lowest BCUT2D eigenvalue weighted by Gasteiger charge is -2.48. The van der Waals surface area contributed by atoms with Gasteiger partial charge in [-0.05, 0) is 37.8 Å². The number of piperazine rings is 1. The lowest BCUT2D eigenvalue weighted by molar-refractivity contribution is 0.104. The van der Waals surface area contributed by atoms with Gasteiger partial charge in [0.2, 0.25) is 0 Å². The van der Waals surface area contributed by atoms with Gasteiger partial charge in [-0.15, -0.1) is 11.3 Å². The lowest BCUT2D eigenvalue weighted by Crippen LogP contribution is -2.58. The van der Waals surface area contributed by atoms with Crippen molar-refractivity contribution in [2.45, 2.75) is 51.9 Å². The molecule has 0 spiro atoms. The van der Waals surface area contributed by atoms with Crippen LogP contribution in [0.5, 0.6) is 0 Å². The van der Waals surface area contributed by atoms with Crippen LogP contribution in [0, 0.1) is 11.3 Å². The maximum absolute atomic E-state index is 12.8. The number of anilines is 1. The van der Waals surface area contributed by atoms with Crippen molar-refractivity contribution in [1.29, 1.82) is 5.26 Å².